The van der Waals surface area contributed by atoms with E-state index in [9.17, 15) is 10.1 Å². The van der Waals surface area contributed by atoms with Gasteiger partial charge in [-0.25, -0.2) is 0 Å². The number of hydrogen-bond acceptors (Lipinski definition) is 4. The average Bonchev–Trinajstić information content (AvgIpc) is 2.41. The quantitative estimate of drug-likeness (QED) is 0.672. The summed E-state index contributed by atoms with van der Waals surface area (Å²) in [5.41, 5.74) is 1.02. The van der Waals surface area contributed by atoms with Crippen LogP contribution in [0, 0.1) is 16.0 Å². The Balaban J connectivity index is 2.00. The van der Waals surface area contributed by atoms with Crippen LogP contribution in [-0.4, -0.2) is 36.0 Å². The van der Waals surface area contributed by atoms with E-state index in [1.807, 2.05) is 0 Å². The lowest BCUT2D eigenvalue weighted by molar-refractivity contribution is -0.384. The van der Waals surface area contributed by atoms with Crippen molar-refractivity contribution in [2.24, 2.45) is 5.92 Å². The van der Waals surface area contributed by atoms with Crippen LogP contribution in [0.2, 0.25) is 0 Å². The van der Waals surface area contributed by atoms with Crippen LogP contribution < -0.4 is 5.32 Å². The maximum Gasteiger partial charge on any atom is 0.270 e. The van der Waals surface area contributed by atoms with E-state index in [0.29, 0.717) is 12.0 Å². The van der Waals surface area contributed by atoms with Gasteiger partial charge in [-0.3, -0.25) is 10.1 Å². The van der Waals surface area contributed by atoms with Gasteiger partial charge < -0.3 is 10.2 Å². The summed E-state index contributed by atoms with van der Waals surface area (Å²) in [5, 5.41) is 14.2. The molecule has 0 spiro atoms. The second kappa shape index (κ2) is 6.54. The molecule has 1 saturated heterocycles. The molecule has 0 bridgehead atoms. The van der Waals surface area contributed by atoms with Crippen molar-refractivity contribution in [1.82, 2.24) is 4.90 Å². The Morgan fingerprint density at radius 2 is 2.10 bits per heavy atom. The molecular weight excluding hydrogens is 322 g/mol. The lowest BCUT2D eigenvalue weighted by Gasteiger charge is -2.33. The third kappa shape index (κ3) is 3.70. The third-order valence-corrected chi connectivity index (χ3v) is 4.67. The minimum Gasteiger partial charge on any atom is -0.381 e. The van der Waals surface area contributed by atoms with Crippen LogP contribution in [0.25, 0.3) is 0 Å². The predicted molar refractivity (Wildman–Crippen MR) is 84.1 cm³/mol. The Hall–Kier alpha value is -1.14. The molecule has 0 amide bonds. The van der Waals surface area contributed by atoms with E-state index in [0.717, 1.165) is 23.2 Å². The molecule has 2 rings (SSSR count). The Morgan fingerprint density at radius 3 is 2.65 bits per heavy atom. The first kappa shape index (κ1) is 15.3. The van der Waals surface area contributed by atoms with E-state index in [-0.39, 0.29) is 10.6 Å². The summed E-state index contributed by atoms with van der Waals surface area (Å²) >= 11 is 3.40. The van der Waals surface area contributed by atoms with Crippen molar-refractivity contribution in [1.29, 1.82) is 0 Å². The number of piperidine rings is 1. The lowest BCUT2D eigenvalue weighted by atomic mass is 9.90. The fourth-order valence-electron chi connectivity index (χ4n) is 2.63. The summed E-state index contributed by atoms with van der Waals surface area (Å²) in [4.78, 5) is 12.7. The summed E-state index contributed by atoms with van der Waals surface area (Å²) in [7, 11) is 2.15. The number of non-ortho nitro benzene ring substituents is 1. The van der Waals surface area contributed by atoms with Gasteiger partial charge in [0.25, 0.3) is 5.69 Å². The number of anilines is 1. The van der Waals surface area contributed by atoms with E-state index in [1.54, 1.807) is 12.1 Å². The maximum atomic E-state index is 10.7. The minimum absolute atomic E-state index is 0.106. The van der Waals surface area contributed by atoms with E-state index in [2.05, 4.69) is 40.1 Å². The van der Waals surface area contributed by atoms with Crippen molar-refractivity contribution in [3.05, 3.63) is 32.8 Å². The lowest BCUT2D eigenvalue weighted by Crippen LogP contribution is -2.37. The zero-order chi connectivity index (χ0) is 14.7. The second-order valence-electron chi connectivity index (χ2n) is 5.49. The van der Waals surface area contributed by atoms with Crippen LogP contribution in [0.3, 0.4) is 0 Å². The molecule has 1 heterocycles. The number of hydrogen-bond donors (Lipinski definition) is 1. The van der Waals surface area contributed by atoms with Gasteiger partial charge in [0, 0.05) is 28.3 Å². The SMILES string of the molecule is CC(Nc1ccc([N+](=O)[O-])cc1Br)C1CCN(C)CC1. The molecule has 1 aromatic carbocycles. The molecule has 1 aliphatic heterocycles. The highest BCUT2D eigenvalue weighted by Gasteiger charge is 2.22. The summed E-state index contributed by atoms with van der Waals surface area (Å²) in [6.45, 7) is 4.46. The summed E-state index contributed by atoms with van der Waals surface area (Å²) in [5.74, 6) is 0.647. The number of benzene rings is 1. The van der Waals surface area contributed by atoms with Crippen molar-refractivity contribution in [3.63, 3.8) is 0 Å². The van der Waals surface area contributed by atoms with Crippen LogP contribution in [0.1, 0.15) is 19.8 Å². The van der Waals surface area contributed by atoms with Gasteiger partial charge in [0.15, 0.2) is 0 Å². The van der Waals surface area contributed by atoms with Crippen LogP contribution in [0.15, 0.2) is 22.7 Å². The molecule has 1 aliphatic rings. The van der Waals surface area contributed by atoms with Crippen LogP contribution in [-0.2, 0) is 0 Å². The smallest absolute Gasteiger partial charge is 0.270 e. The summed E-state index contributed by atoms with van der Waals surface area (Å²) in [6.07, 6.45) is 2.38. The Kier molecular flexibility index (Phi) is 4.99. The van der Waals surface area contributed by atoms with Gasteiger partial charge in [0.1, 0.15) is 0 Å². The number of nitro benzene ring substituents is 1. The summed E-state index contributed by atoms with van der Waals surface area (Å²) < 4.78 is 0.742. The van der Waals surface area contributed by atoms with Crippen LogP contribution >= 0.6 is 15.9 Å². The topological polar surface area (TPSA) is 58.4 Å². The number of nitrogens with one attached hydrogen (secondary N) is 1. The molecule has 0 saturated carbocycles. The average molecular weight is 342 g/mol. The van der Waals surface area contributed by atoms with Crippen molar-refractivity contribution in [2.75, 3.05) is 25.5 Å². The number of halogens is 1. The highest BCUT2D eigenvalue weighted by molar-refractivity contribution is 9.10. The molecule has 1 fully saturated rings. The molecular formula is C14H20BrN3O2. The maximum absolute atomic E-state index is 10.7. The molecule has 1 atom stereocenters. The normalized spacial score (nSPS) is 18.8. The molecule has 0 radical (unpaired) electrons. The zero-order valence-corrected chi connectivity index (χ0v) is 13.4. The van der Waals surface area contributed by atoms with Gasteiger partial charge in [0.2, 0.25) is 0 Å². The number of likely N-dealkylation sites (tertiary alicyclic amines) is 1. The molecule has 6 heteroatoms. The van der Waals surface area contributed by atoms with Crippen molar-refractivity contribution < 1.29 is 4.92 Å². The Bertz CT molecular complexity index is 487. The molecule has 110 valence electrons. The van der Waals surface area contributed by atoms with Gasteiger partial charge in [-0.15, -0.1) is 0 Å². The largest absolute Gasteiger partial charge is 0.381 e. The second-order valence-corrected chi connectivity index (χ2v) is 6.35. The van der Waals surface area contributed by atoms with Gasteiger partial charge in [-0.1, -0.05) is 0 Å². The molecule has 0 aromatic heterocycles. The fourth-order valence-corrected chi connectivity index (χ4v) is 3.11. The number of nitrogens with zero attached hydrogens (tertiary/aromatic N) is 2. The number of nitro groups is 1. The first-order valence-electron chi connectivity index (χ1n) is 6.86. The van der Waals surface area contributed by atoms with Crippen molar-refractivity contribution in [3.8, 4) is 0 Å². The molecule has 1 aromatic rings. The number of rotatable bonds is 4. The Morgan fingerprint density at radius 1 is 1.45 bits per heavy atom. The molecule has 0 aliphatic carbocycles. The van der Waals surface area contributed by atoms with Crippen molar-refractivity contribution >= 4 is 27.3 Å². The Labute approximate surface area is 127 Å². The van der Waals surface area contributed by atoms with Gasteiger partial charge in [-0.2, -0.15) is 0 Å². The predicted octanol–water partition coefficient (Wildman–Crippen LogP) is 3.50. The van der Waals surface area contributed by atoms with Gasteiger partial charge >= 0.3 is 0 Å². The molecule has 5 nitrogen and oxygen atoms in total. The molecule has 20 heavy (non-hydrogen) atoms. The molecule has 1 N–H and O–H groups in total. The fraction of sp³-hybridized carbons (Fsp3) is 0.571. The zero-order valence-electron chi connectivity index (χ0n) is 11.8. The first-order valence-corrected chi connectivity index (χ1v) is 7.65. The van der Waals surface area contributed by atoms with Crippen LogP contribution in [0.5, 0.6) is 0 Å². The van der Waals surface area contributed by atoms with E-state index < -0.39 is 0 Å². The highest BCUT2D eigenvalue weighted by Crippen LogP contribution is 2.30. The monoisotopic (exact) mass is 341 g/mol. The molecule has 1 unspecified atom stereocenters. The standard InChI is InChI=1S/C14H20BrN3O2/c1-10(11-5-7-17(2)8-6-11)16-14-4-3-12(18(19)20)9-13(14)15/h3-4,9-11,16H,5-8H2,1-2H3. The van der Waals surface area contributed by atoms with Crippen molar-refractivity contribution in [2.45, 2.75) is 25.8 Å². The summed E-state index contributed by atoms with van der Waals surface area (Å²) in [6, 6.07) is 5.22. The van der Waals surface area contributed by atoms with Gasteiger partial charge in [0.05, 0.1) is 4.92 Å². The minimum atomic E-state index is -0.380. The highest BCUT2D eigenvalue weighted by atomic mass is 79.9. The van der Waals surface area contributed by atoms with E-state index in [1.165, 1.54) is 18.9 Å². The van der Waals surface area contributed by atoms with Gasteiger partial charge in [-0.05, 0) is 67.8 Å². The van der Waals surface area contributed by atoms with E-state index >= 15 is 0 Å². The van der Waals surface area contributed by atoms with E-state index in [4.69, 9.17) is 0 Å². The first-order chi connectivity index (χ1) is 9.47. The van der Waals surface area contributed by atoms with Crippen LogP contribution in [0.4, 0.5) is 11.4 Å². The third-order valence-electron chi connectivity index (χ3n) is 4.02.